The van der Waals surface area contributed by atoms with Crippen LogP contribution >= 0.6 is 0 Å². The van der Waals surface area contributed by atoms with Gasteiger partial charge >= 0.3 is 12.2 Å². The lowest BCUT2D eigenvalue weighted by Gasteiger charge is -2.38. The molecule has 16 heteroatoms. The molecule has 1 fully saturated rings. The van der Waals surface area contributed by atoms with E-state index < -0.39 is 35.5 Å². The van der Waals surface area contributed by atoms with Gasteiger partial charge in [-0.15, -0.1) is 9.78 Å². The third-order valence-corrected chi connectivity index (χ3v) is 7.07. The first-order valence-corrected chi connectivity index (χ1v) is 13.1. The summed E-state index contributed by atoms with van der Waals surface area (Å²) in [5.41, 5.74) is -0.848. The number of benzene rings is 2. The zero-order chi connectivity index (χ0) is 29.9. The topological polar surface area (TPSA) is 132 Å². The van der Waals surface area contributed by atoms with Crippen LogP contribution in [0.4, 0.5) is 24.1 Å². The third kappa shape index (κ3) is 6.57. The van der Waals surface area contributed by atoms with Crippen LogP contribution in [0, 0.1) is 11.6 Å². The molecule has 1 saturated heterocycles. The molecule has 0 aliphatic carbocycles. The molecule has 0 unspecified atom stereocenters. The molecule has 4 aromatic rings. The summed E-state index contributed by atoms with van der Waals surface area (Å²) < 4.78 is 43.0. The molecule has 2 amide bonds. The number of urea groups is 1. The number of carbonyl (C=O) groups is 2. The number of hydrogen-bond donors (Lipinski definition) is 1. The standard InChI is InChI=1S/C27H29F2N8O5.ClH/c1-3-41-26(39)42-18-33-16-31-34(17-33)15-27(40,23-9-4-20(28)14-24(23)29)19(2)35-12-13-36(25(35)38)21-5-7-22(8-6-21)37-11-10-30-32-37;/h4-11,14,16-17,19,40H,3,12-13,15,18H2,1-2H3;1H/q+1;/p-1/t19-,27-;/m1./s1. The van der Waals surface area contributed by atoms with Crippen molar-refractivity contribution in [1.82, 2.24) is 29.6 Å². The minimum absolute atomic E-state index is 0. The maximum Gasteiger partial charge on any atom is 0.511 e. The number of aromatic nitrogens is 6. The highest BCUT2D eigenvalue weighted by Crippen LogP contribution is 2.34. The van der Waals surface area contributed by atoms with E-state index in [9.17, 15) is 19.1 Å². The van der Waals surface area contributed by atoms with Crippen molar-refractivity contribution < 1.29 is 50.0 Å². The van der Waals surface area contributed by atoms with E-state index in [0.717, 1.165) is 17.8 Å². The van der Waals surface area contributed by atoms with Crippen LogP contribution < -0.4 is 22.0 Å². The summed E-state index contributed by atoms with van der Waals surface area (Å²) in [6.07, 6.45) is 5.18. The maximum atomic E-state index is 15.1. The largest absolute Gasteiger partial charge is 1.00 e. The molecule has 1 aliphatic rings. The number of nitrogens with zero attached hydrogens (tertiary/aromatic N) is 8. The average Bonchev–Trinajstić information content (AvgIpc) is 3.74. The molecule has 43 heavy (non-hydrogen) atoms. The van der Waals surface area contributed by atoms with Crippen molar-refractivity contribution in [2.45, 2.75) is 38.8 Å². The van der Waals surface area contributed by atoms with Crippen LogP contribution in [0.3, 0.4) is 0 Å². The van der Waals surface area contributed by atoms with Gasteiger partial charge in [0.1, 0.15) is 18.2 Å². The van der Waals surface area contributed by atoms with Gasteiger partial charge < -0.3 is 31.9 Å². The smallest absolute Gasteiger partial charge is 0.511 e. The second-order valence-corrected chi connectivity index (χ2v) is 9.63. The van der Waals surface area contributed by atoms with Crippen LogP contribution in [0.15, 0.2) is 67.5 Å². The lowest BCUT2D eigenvalue weighted by atomic mass is 9.85. The Morgan fingerprint density at radius 3 is 2.56 bits per heavy atom. The van der Waals surface area contributed by atoms with Gasteiger partial charge in [-0.3, -0.25) is 4.90 Å². The van der Waals surface area contributed by atoms with Gasteiger partial charge in [-0.1, -0.05) is 11.3 Å². The number of anilines is 1. The molecule has 0 radical (unpaired) electrons. The lowest BCUT2D eigenvalue weighted by Crippen LogP contribution is -3.00. The zero-order valence-corrected chi connectivity index (χ0v) is 24.0. The summed E-state index contributed by atoms with van der Waals surface area (Å²) in [6.45, 7) is 3.43. The Bertz CT molecular complexity index is 1560. The molecule has 5 rings (SSSR count). The van der Waals surface area contributed by atoms with Crippen molar-refractivity contribution in [1.29, 1.82) is 0 Å². The molecule has 13 nitrogen and oxygen atoms in total. The summed E-state index contributed by atoms with van der Waals surface area (Å²) >= 11 is 0. The molecule has 2 aromatic carbocycles. The molecule has 1 N–H and O–H groups in total. The van der Waals surface area contributed by atoms with Crippen LogP contribution in [-0.2, 0) is 28.4 Å². The fourth-order valence-corrected chi connectivity index (χ4v) is 4.87. The van der Waals surface area contributed by atoms with Crippen LogP contribution in [0.1, 0.15) is 19.4 Å². The van der Waals surface area contributed by atoms with Crippen LogP contribution in [0.25, 0.3) is 5.69 Å². The Morgan fingerprint density at radius 1 is 1.14 bits per heavy atom. The number of halogens is 3. The molecule has 0 bridgehead atoms. The van der Waals surface area contributed by atoms with E-state index in [4.69, 9.17) is 9.47 Å². The van der Waals surface area contributed by atoms with Gasteiger partial charge in [-0.05, 0) is 49.3 Å². The molecule has 0 spiro atoms. The second kappa shape index (κ2) is 13.1. The van der Waals surface area contributed by atoms with Gasteiger partial charge in [0, 0.05) is 30.4 Å². The van der Waals surface area contributed by atoms with Crippen molar-refractivity contribution in [2.75, 3.05) is 24.6 Å². The third-order valence-electron chi connectivity index (χ3n) is 7.07. The Balaban J connectivity index is 0.00000423. The van der Waals surface area contributed by atoms with Crippen molar-refractivity contribution >= 4 is 17.9 Å². The van der Waals surface area contributed by atoms with Crippen LogP contribution in [0.2, 0.25) is 0 Å². The highest BCUT2D eigenvalue weighted by molar-refractivity contribution is 5.94. The summed E-state index contributed by atoms with van der Waals surface area (Å²) in [5, 5.41) is 24.0. The molecule has 2 aromatic heterocycles. The quantitative estimate of drug-likeness (QED) is 0.184. The molecular formula is C27H29ClF2N8O5. The summed E-state index contributed by atoms with van der Waals surface area (Å²) in [4.78, 5) is 28.1. The average molecular weight is 619 g/mol. The Labute approximate surface area is 251 Å². The number of rotatable bonds is 10. The summed E-state index contributed by atoms with van der Waals surface area (Å²) in [7, 11) is 0. The Kier molecular flexibility index (Phi) is 9.56. The first-order chi connectivity index (χ1) is 20.2. The van der Waals surface area contributed by atoms with Gasteiger partial charge in [0.2, 0.25) is 13.1 Å². The minimum Gasteiger partial charge on any atom is -1.00 e. The van der Waals surface area contributed by atoms with Gasteiger partial charge in [0.05, 0.1) is 30.7 Å². The molecule has 228 valence electrons. The van der Waals surface area contributed by atoms with Gasteiger partial charge in [0.15, 0.2) is 5.60 Å². The van der Waals surface area contributed by atoms with Gasteiger partial charge in [0.25, 0.3) is 6.33 Å². The predicted octanol–water partition coefficient (Wildman–Crippen LogP) is -0.617. The summed E-state index contributed by atoms with van der Waals surface area (Å²) in [6, 6.07) is 8.65. The normalized spacial score (nSPS) is 15.1. The first kappa shape index (κ1) is 31.3. The number of ether oxygens (including phenoxy) is 2. The van der Waals surface area contributed by atoms with E-state index in [0.29, 0.717) is 18.3 Å². The Morgan fingerprint density at radius 2 is 1.88 bits per heavy atom. The van der Waals surface area contributed by atoms with E-state index in [1.165, 1.54) is 26.8 Å². The van der Waals surface area contributed by atoms with Crippen LogP contribution in [-0.4, -0.2) is 72.6 Å². The maximum absolute atomic E-state index is 15.1. The van der Waals surface area contributed by atoms with Gasteiger partial charge in [-0.2, -0.15) is 4.57 Å². The molecule has 0 saturated carbocycles. The fraction of sp³-hybridized carbons (Fsp3) is 0.333. The lowest BCUT2D eigenvalue weighted by molar-refractivity contribution is -0.765. The van der Waals surface area contributed by atoms with E-state index in [2.05, 4.69) is 15.4 Å². The highest BCUT2D eigenvalue weighted by atomic mass is 35.5. The van der Waals surface area contributed by atoms with E-state index >= 15 is 4.39 Å². The fourth-order valence-electron chi connectivity index (χ4n) is 4.87. The second-order valence-electron chi connectivity index (χ2n) is 9.63. The predicted molar refractivity (Wildman–Crippen MR) is 141 cm³/mol. The van der Waals surface area contributed by atoms with Crippen molar-refractivity contribution in [3.05, 3.63) is 84.7 Å². The first-order valence-electron chi connectivity index (χ1n) is 13.1. The minimum atomic E-state index is -2.04. The molecule has 2 atom stereocenters. The van der Waals surface area contributed by atoms with Crippen molar-refractivity contribution in [3.63, 3.8) is 0 Å². The molecule has 3 heterocycles. The van der Waals surface area contributed by atoms with Crippen molar-refractivity contribution in [3.8, 4) is 5.69 Å². The van der Waals surface area contributed by atoms with E-state index in [1.807, 2.05) is 0 Å². The molecular weight excluding hydrogens is 590 g/mol. The number of carbonyl (C=O) groups excluding carboxylic acids is 2. The van der Waals surface area contributed by atoms with E-state index in [1.54, 1.807) is 60.1 Å². The SMILES string of the molecule is CCOC(=O)OCn1cn[n+](C[C@](O)(c2ccc(F)cc2F)[C@@H](C)N2CCN(c3ccc(-n4ccnn4)cc3)C2=O)c1.[Cl-]. The number of amides is 2. The summed E-state index contributed by atoms with van der Waals surface area (Å²) in [5.74, 6) is -1.78. The molecule has 1 aliphatic heterocycles. The highest BCUT2D eigenvalue weighted by Gasteiger charge is 2.48. The van der Waals surface area contributed by atoms with Crippen molar-refractivity contribution in [2.24, 2.45) is 0 Å². The van der Waals surface area contributed by atoms with E-state index in [-0.39, 0.29) is 44.4 Å². The number of hydrogen-bond acceptors (Lipinski definition) is 8. The van der Waals surface area contributed by atoms with Gasteiger partial charge in [-0.25, -0.2) is 23.1 Å². The zero-order valence-electron chi connectivity index (χ0n) is 23.3. The monoisotopic (exact) mass is 618 g/mol. The van der Waals surface area contributed by atoms with Crippen LogP contribution in [0.5, 0.6) is 0 Å². The Hall–Kier alpha value is -4.63. The number of aliphatic hydroxyl groups is 1.